The van der Waals surface area contributed by atoms with Crippen molar-refractivity contribution in [2.24, 2.45) is 0 Å². The molecule has 1 heterocycles. The maximum atomic E-state index is 11.9. The van der Waals surface area contributed by atoms with Crippen LogP contribution in [-0.2, 0) is 10.1 Å². The van der Waals surface area contributed by atoms with Crippen molar-refractivity contribution < 1.29 is 12.6 Å². The minimum absolute atomic E-state index is 0.102. The summed E-state index contributed by atoms with van der Waals surface area (Å²) in [5, 5.41) is 0. The molecule has 0 aliphatic carbocycles. The first-order valence-electron chi connectivity index (χ1n) is 5.19. The first-order chi connectivity index (χ1) is 8.62. The summed E-state index contributed by atoms with van der Waals surface area (Å²) in [6, 6.07) is 9.25. The molecule has 0 bridgehead atoms. The SMILES string of the molecule is C=Cc1ccc(S(=O)(=O)Oc2ccncc2)cc1. The van der Waals surface area contributed by atoms with Gasteiger partial charge in [-0.1, -0.05) is 24.8 Å². The standard InChI is InChI=1S/C13H11NO3S/c1-2-11-3-5-13(6-4-11)18(15,16)17-12-7-9-14-10-8-12/h2-10H,1H2. The van der Waals surface area contributed by atoms with Gasteiger partial charge in [0.1, 0.15) is 10.6 Å². The van der Waals surface area contributed by atoms with Crippen molar-refractivity contribution in [2.45, 2.75) is 4.90 Å². The van der Waals surface area contributed by atoms with Crippen LogP contribution in [0.2, 0.25) is 0 Å². The first-order valence-corrected chi connectivity index (χ1v) is 6.60. The maximum absolute atomic E-state index is 11.9. The van der Waals surface area contributed by atoms with Crippen LogP contribution in [0.25, 0.3) is 6.08 Å². The lowest BCUT2D eigenvalue weighted by Crippen LogP contribution is -2.09. The molecular formula is C13H11NO3S. The van der Waals surface area contributed by atoms with Crippen molar-refractivity contribution in [3.05, 3.63) is 60.9 Å². The molecule has 0 fully saturated rings. The molecule has 5 heteroatoms. The monoisotopic (exact) mass is 261 g/mol. The highest BCUT2D eigenvalue weighted by Gasteiger charge is 2.15. The van der Waals surface area contributed by atoms with Gasteiger partial charge >= 0.3 is 10.1 Å². The van der Waals surface area contributed by atoms with Crippen LogP contribution < -0.4 is 4.18 Å². The Bertz CT molecular complexity index is 634. The summed E-state index contributed by atoms with van der Waals surface area (Å²) in [5.41, 5.74) is 0.845. The van der Waals surface area contributed by atoms with E-state index in [1.165, 1.54) is 36.7 Å². The minimum atomic E-state index is -3.80. The van der Waals surface area contributed by atoms with E-state index in [1.807, 2.05) is 0 Å². The fourth-order valence-electron chi connectivity index (χ4n) is 1.34. The lowest BCUT2D eigenvalue weighted by Gasteiger charge is -2.06. The Labute approximate surface area is 106 Å². The van der Waals surface area contributed by atoms with Gasteiger partial charge in [-0.2, -0.15) is 8.42 Å². The Morgan fingerprint density at radius 3 is 2.22 bits per heavy atom. The van der Waals surface area contributed by atoms with Gasteiger partial charge in [0.05, 0.1) is 0 Å². The van der Waals surface area contributed by atoms with Crippen LogP contribution in [0.4, 0.5) is 0 Å². The van der Waals surface area contributed by atoms with Gasteiger partial charge in [0.2, 0.25) is 0 Å². The van der Waals surface area contributed by atoms with E-state index in [1.54, 1.807) is 18.2 Å². The Morgan fingerprint density at radius 2 is 1.67 bits per heavy atom. The Morgan fingerprint density at radius 1 is 1.06 bits per heavy atom. The molecule has 2 rings (SSSR count). The average Bonchev–Trinajstić information content (AvgIpc) is 2.39. The second-order valence-electron chi connectivity index (χ2n) is 3.49. The molecule has 2 aromatic rings. The van der Waals surface area contributed by atoms with E-state index in [4.69, 9.17) is 4.18 Å². The molecule has 1 aromatic heterocycles. The number of aromatic nitrogens is 1. The molecule has 0 N–H and O–H groups in total. The predicted octanol–water partition coefficient (Wildman–Crippen LogP) is 2.49. The van der Waals surface area contributed by atoms with Gasteiger partial charge in [-0.25, -0.2) is 0 Å². The zero-order valence-corrected chi connectivity index (χ0v) is 10.3. The normalized spacial score (nSPS) is 10.9. The molecule has 0 aliphatic rings. The lowest BCUT2D eigenvalue weighted by molar-refractivity contribution is 0.485. The summed E-state index contributed by atoms with van der Waals surface area (Å²) in [5.74, 6) is 0.234. The smallest absolute Gasteiger partial charge is 0.339 e. The fraction of sp³-hybridized carbons (Fsp3) is 0. The number of rotatable bonds is 4. The molecule has 0 amide bonds. The highest BCUT2D eigenvalue weighted by Crippen LogP contribution is 2.18. The third-order valence-electron chi connectivity index (χ3n) is 2.26. The van der Waals surface area contributed by atoms with E-state index >= 15 is 0 Å². The van der Waals surface area contributed by atoms with Crippen LogP contribution in [0.5, 0.6) is 5.75 Å². The van der Waals surface area contributed by atoms with Crippen molar-refractivity contribution in [1.29, 1.82) is 0 Å². The molecular weight excluding hydrogens is 250 g/mol. The topological polar surface area (TPSA) is 56.3 Å². The molecule has 0 unspecified atom stereocenters. The molecule has 18 heavy (non-hydrogen) atoms. The largest absolute Gasteiger partial charge is 0.379 e. The van der Waals surface area contributed by atoms with Gasteiger partial charge in [-0.3, -0.25) is 4.98 Å². The number of nitrogens with zero attached hydrogens (tertiary/aromatic N) is 1. The lowest BCUT2D eigenvalue weighted by atomic mass is 10.2. The van der Waals surface area contributed by atoms with Gasteiger partial charge < -0.3 is 4.18 Å². The van der Waals surface area contributed by atoms with Crippen molar-refractivity contribution in [2.75, 3.05) is 0 Å². The van der Waals surface area contributed by atoms with E-state index in [0.29, 0.717) is 0 Å². The maximum Gasteiger partial charge on any atom is 0.339 e. The molecule has 0 saturated carbocycles. The number of hydrogen-bond acceptors (Lipinski definition) is 4. The van der Waals surface area contributed by atoms with Crippen LogP contribution in [0, 0.1) is 0 Å². The third-order valence-corrected chi connectivity index (χ3v) is 3.52. The molecule has 0 spiro atoms. The molecule has 92 valence electrons. The summed E-state index contributed by atoms with van der Waals surface area (Å²) in [6.45, 7) is 3.60. The predicted molar refractivity (Wildman–Crippen MR) is 68.6 cm³/mol. The molecule has 4 nitrogen and oxygen atoms in total. The highest BCUT2D eigenvalue weighted by molar-refractivity contribution is 7.87. The minimum Gasteiger partial charge on any atom is -0.379 e. The van der Waals surface area contributed by atoms with Gasteiger partial charge in [0.25, 0.3) is 0 Å². The van der Waals surface area contributed by atoms with E-state index in [9.17, 15) is 8.42 Å². The van der Waals surface area contributed by atoms with Gasteiger partial charge in [-0.05, 0) is 17.7 Å². The second kappa shape index (κ2) is 5.01. The molecule has 0 saturated heterocycles. The molecule has 0 aliphatic heterocycles. The van der Waals surface area contributed by atoms with Crippen LogP contribution in [0.3, 0.4) is 0 Å². The fourth-order valence-corrected chi connectivity index (χ4v) is 2.27. The van der Waals surface area contributed by atoms with Gasteiger partial charge in [-0.15, -0.1) is 0 Å². The van der Waals surface area contributed by atoms with Crippen molar-refractivity contribution in [3.63, 3.8) is 0 Å². The zero-order chi connectivity index (χ0) is 13.0. The third kappa shape index (κ3) is 2.75. The van der Waals surface area contributed by atoms with Crippen LogP contribution in [0.15, 0.2) is 60.3 Å². The molecule has 0 radical (unpaired) electrons. The molecule has 0 atom stereocenters. The van der Waals surface area contributed by atoms with E-state index < -0.39 is 10.1 Å². The number of pyridine rings is 1. The quantitative estimate of drug-likeness (QED) is 0.793. The Balaban J connectivity index is 2.28. The van der Waals surface area contributed by atoms with Crippen molar-refractivity contribution in [1.82, 2.24) is 4.98 Å². The van der Waals surface area contributed by atoms with Crippen LogP contribution >= 0.6 is 0 Å². The first kappa shape index (κ1) is 12.3. The Kier molecular flexibility index (Phi) is 3.43. The second-order valence-corrected chi connectivity index (χ2v) is 5.04. The van der Waals surface area contributed by atoms with Gasteiger partial charge in [0, 0.05) is 24.5 Å². The van der Waals surface area contributed by atoms with Crippen molar-refractivity contribution in [3.8, 4) is 5.75 Å². The van der Waals surface area contributed by atoms with E-state index in [2.05, 4.69) is 11.6 Å². The van der Waals surface area contributed by atoms with Crippen LogP contribution in [0.1, 0.15) is 5.56 Å². The van der Waals surface area contributed by atoms with Gasteiger partial charge in [0.15, 0.2) is 0 Å². The summed E-state index contributed by atoms with van der Waals surface area (Å²) in [4.78, 5) is 3.89. The number of hydrogen-bond donors (Lipinski definition) is 0. The van der Waals surface area contributed by atoms with E-state index in [0.717, 1.165) is 5.56 Å². The zero-order valence-electron chi connectivity index (χ0n) is 9.48. The summed E-state index contributed by atoms with van der Waals surface area (Å²) >= 11 is 0. The van der Waals surface area contributed by atoms with E-state index in [-0.39, 0.29) is 10.6 Å². The summed E-state index contributed by atoms with van der Waals surface area (Å²) < 4.78 is 28.8. The highest BCUT2D eigenvalue weighted by atomic mass is 32.2. The number of benzene rings is 1. The summed E-state index contributed by atoms with van der Waals surface area (Å²) in [7, 11) is -3.80. The summed E-state index contributed by atoms with van der Waals surface area (Å²) in [6.07, 6.45) is 4.57. The van der Waals surface area contributed by atoms with Crippen molar-refractivity contribution >= 4 is 16.2 Å². The Hall–Kier alpha value is -2.14. The average molecular weight is 261 g/mol. The van der Waals surface area contributed by atoms with Crippen LogP contribution in [-0.4, -0.2) is 13.4 Å². The molecule has 1 aromatic carbocycles.